The first-order valence-corrected chi connectivity index (χ1v) is 6.23. The van der Waals surface area contributed by atoms with Crippen LogP contribution in [0.2, 0.25) is 0 Å². The van der Waals surface area contributed by atoms with Crippen molar-refractivity contribution in [2.24, 2.45) is 0 Å². The SMILES string of the molecule is N#CCC(=O)NC1CNCCC1c1ccccc1. The standard InChI is InChI=1S/C14H17N3O/c15-8-6-14(18)17-13-10-16-9-7-12(13)11-4-2-1-3-5-11/h1-5,12-13,16H,6-7,9-10H2,(H,17,18). The maximum Gasteiger partial charge on any atom is 0.234 e. The van der Waals surface area contributed by atoms with Gasteiger partial charge in [-0.05, 0) is 18.5 Å². The summed E-state index contributed by atoms with van der Waals surface area (Å²) in [7, 11) is 0. The molecule has 0 saturated carbocycles. The summed E-state index contributed by atoms with van der Waals surface area (Å²) in [5, 5.41) is 14.8. The number of amides is 1. The van der Waals surface area contributed by atoms with Crippen molar-refractivity contribution in [2.75, 3.05) is 13.1 Å². The Morgan fingerprint density at radius 3 is 2.94 bits per heavy atom. The Kier molecular flexibility index (Phi) is 4.32. The number of rotatable bonds is 3. The minimum absolute atomic E-state index is 0.0713. The van der Waals surface area contributed by atoms with Crippen LogP contribution in [-0.4, -0.2) is 25.0 Å². The highest BCUT2D eigenvalue weighted by Crippen LogP contribution is 2.25. The van der Waals surface area contributed by atoms with Crippen molar-refractivity contribution in [3.8, 4) is 6.07 Å². The number of carbonyl (C=O) groups excluding carboxylic acids is 1. The first-order valence-electron chi connectivity index (χ1n) is 6.23. The van der Waals surface area contributed by atoms with Crippen LogP contribution in [0.3, 0.4) is 0 Å². The van der Waals surface area contributed by atoms with Crippen LogP contribution in [0.1, 0.15) is 24.3 Å². The van der Waals surface area contributed by atoms with Crippen LogP contribution in [0.5, 0.6) is 0 Å². The van der Waals surface area contributed by atoms with Crippen molar-refractivity contribution in [3.05, 3.63) is 35.9 Å². The number of nitriles is 1. The third kappa shape index (κ3) is 3.08. The molecule has 1 amide bonds. The van der Waals surface area contributed by atoms with Crippen LogP contribution >= 0.6 is 0 Å². The topological polar surface area (TPSA) is 64.9 Å². The van der Waals surface area contributed by atoms with Gasteiger partial charge in [-0.2, -0.15) is 5.26 Å². The van der Waals surface area contributed by atoms with E-state index >= 15 is 0 Å². The van der Waals surface area contributed by atoms with Crippen molar-refractivity contribution in [1.82, 2.24) is 10.6 Å². The Labute approximate surface area is 107 Å². The molecular formula is C14H17N3O. The molecule has 1 aromatic rings. The molecule has 2 unspecified atom stereocenters. The molecule has 1 aromatic carbocycles. The third-order valence-electron chi connectivity index (χ3n) is 3.30. The molecule has 1 heterocycles. The summed E-state index contributed by atoms with van der Waals surface area (Å²) in [6.45, 7) is 1.72. The molecule has 0 aliphatic carbocycles. The average Bonchev–Trinajstić information content (AvgIpc) is 2.40. The molecule has 18 heavy (non-hydrogen) atoms. The Morgan fingerprint density at radius 1 is 1.44 bits per heavy atom. The van der Waals surface area contributed by atoms with E-state index in [1.54, 1.807) is 0 Å². The second-order valence-corrected chi connectivity index (χ2v) is 4.52. The maximum absolute atomic E-state index is 11.5. The molecule has 1 fully saturated rings. The van der Waals surface area contributed by atoms with Gasteiger partial charge in [-0.3, -0.25) is 4.79 Å². The normalized spacial score (nSPS) is 23.1. The minimum Gasteiger partial charge on any atom is -0.351 e. The Balaban J connectivity index is 2.07. The lowest BCUT2D eigenvalue weighted by Crippen LogP contribution is -2.49. The molecule has 1 aliphatic rings. The highest BCUT2D eigenvalue weighted by molar-refractivity contribution is 5.78. The summed E-state index contributed by atoms with van der Waals surface area (Å²) in [4.78, 5) is 11.5. The molecule has 2 N–H and O–H groups in total. The van der Waals surface area contributed by atoms with Gasteiger partial charge in [0, 0.05) is 18.5 Å². The molecule has 1 aliphatic heterocycles. The summed E-state index contributed by atoms with van der Waals surface area (Å²) in [5.74, 6) is 0.141. The van der Waals surface area contributed by atoms with E-state index < -0.39 is 0 Å². The molecule has 0 bridgehead atoms. The van der Waals surface area contributed by atoms with Gasteiger partial charge in [0.1, 0.15) is 6.42 Å². The molecule has 2 atom stereocenters. The summed E-state index contributed by atoms with van der Waals surface area (Å²) in [5.41, 5.74) is 1.25. The number of piperidine rings is 1. The summed E-state index contributed by atoms with van der Waals surface area (Å²) >= 11 is 0. The van der Waals surface area contributed by atoms with Gasteiger partial charge >= 0.3 is 0 Å². The molecule has 0 radical (unpaired) electrons. The Bertz CT molecular complexity index is 438. The van der Waals surface area contributed by atoms with Crippen molar-refractivity contribution in [3.63, 3.8) is 0 Å². The van der Waals surface area contributed by atoms with Gasteiger partial charge in [-0.15, -0.1) is 0 Å². The van der Waals surface area contributed by atoms with E-state index in [0.717, 1.165) is 19.5 Å². The lowest BCUT2D eigenvalue weighted by Gasteiger charge is -2.33. The highest BCUT2D eigenvalue weighted by Gasteiger charge is 2.27. The van der Waals surface area contributed by atoms with E-state index in [1.807, 2.05) is 24.3 Å². The largest absolute Gasteiger partial charge is 0.351 e. The lowest BCUT2D eigenvalue weighted by molar-refractivity contribution is -0.121. The molecule has 94 valence electrons. The van der Waals surface area contributed by atoms with E-state index in [-0.39, 0.29) is 18.4 Å². The molecule has 4 nitrogen and oxygen atoms in total. The minimum atomic E-state index is -0.188. The zero-order valence-electron chi connectivity index (χ0n) is 10.2. The van der Waals surface area contributed by atoms with Gasteiger partial charge in [0.2, 0.25) is 5.91 Å². The Morgan fingerprint density at radius 2 is 2.22 bits per heavy atom. The molecule has 4 heteroatoms. The van der Waals surface area contributed by atoms with Gasteiger partial charge in [0.25, 0.3) is 0 Å². The number of nitrogens with zero attached hydrogens (tertiary/aromatic N) is 1. The lowest BCUT2D eigenvalue weighted by atomic mass is 9.86. The first kappa shape index (κ1) is 12.6. The maximum atomic E-state index is 11.5. The number of hydrogen-bond donors (Lipinski definition) is 2. The van der Waals surface area contributed by atoms with Crippen LogP contribution in [0.25, 0.3) is 0 Å². The van der Waals surface area contributed by atoms with E-state index in [4.69, 9.17) is 5.26 Å². The molecular weight excluding hydrogens is 226 g/mol. The molecule has 1 saturated heterocycles. The van der Waals surface area contributed by atoms with Crippen LogP contribution in [0.4, 0.5) is 0 Å². The predicted octanol–water partition coefficient (Wildman–Crippen LogP) is 1.16. The molecule has 0 spiro atoms. The fraction of sp³-hybridized carbons (Fsp3) is 0.429. The van der Waals surface area contributed by atoms with E-state index in [9.17, 15) is 4.79 Å². The molecule has 0 aromatic heterocycles. The van der Waals surface area contributed by atoms with Gasteiger partial charge in [0.15, 0.2) is 0 Å². The summed E-state index contributed by atoms with van der Waals surface area (Å²) in [6.07, 6.45) is 0.930. The smallest absolute Gasteiger partial charge is 0.234 e. The van der Waals surface area contributed by atoms with Crippen molar-refractivity contribution in [1.29, 1.82) is 5.26 Å². The van der Waals surface area contributed by atoms with Gasteiger partial charge in [0.05, 0.1) is 6.07 Å². The van der Waals surface area contributed by atoms with Gasteiger partial charge in [-0.1, -0.05) is 30.3 Å². The number of carbonyl (C=O) groups is 1. The summed E-state index contributed by atoms with van der Waals surface area (Å²) in [6, 6.07) is 12.2. The van der Waals surface area contributed by atoms with Crippen LogP contribution in [0.15, 0.2) is 30.3 Å². The van der Waals surface area contributed by atoms with Crippen molar-refractivity contribution in [2.45, 2.75) is 24.8 Å². The Hall–Kier alpha value is -1.86. The molecule has 2 rings (SSSR count). The number of hydrogen-bond acceptors (Lipinski definition) is 3. The van der Waals surface area contributed by atoms with Crippen LogP contribution < -0.4 is 10.6 Å². The van der Waals surface area contributed by atoms with Gasteiger partial charge in [-0.25, -0.2) is 0 Å². The number of benzene rings is 1. The average molecular weight is 243 g/mol. The number of nitrogens with one attached hydrogen (secondary N) is 2. The predicted molar refractivity (Wildman–Crippen MR) is 68.8 cm³/mol. The quantitative estimate of drug-likeness (QED) is 0.837. The van der Waals surface area contributed by atoms with E-state index in [0.29, 0.717) is 5.92 Å². The fourth-order valence-corrected chi connectivity index (χ4v) is 2.44. The fourth-order valence-electron chi connectivity index (χ4n) is 2.44. The first-order chi connectivity index (χ1) is 8.81. The van der Waals surface area contributed by atoms with E-state index in [2.05, 4.69) is 22.8 Å². The highest BCUT2D eigenvalue weighted by atomic mass is 16.1. The zero-order chi connectivity index (χ0) is 12.8. The van der Waals surface area contributed by atoms with Crippen LogP contribution in [0, 0.1) is 11.3 Å². The van der Waals surface area contributed by atoms with E-state index in [1.165, 1.54) is 5.56 Å². The van der Waals surface area contributed by atoms with Gasteiger partial charge < -0.3 is 10.6 Å². The van der Waals surface area contributed by atoms with Crippen molar-refractivity contribution < 1.29 is 4.79 Å². The third-order valence-corrected chi connectivity index (χ3v) is 3.30. The second kappa shape index (κ2) is 6.18. The second-order valence-electron chi connectivity index (χ2n) is 4.52. The van der Waals surface area contributed by atoms with Crippen LogP contribution in [-0.2, 0) is 4.79 Å². The monoisotopic (exact) mass is 243 g/mol. The zero-order valence-corrected chi connectivity index (χ0v) is 10.2. The summed E-state index contributed by atoms with van der Waals surface area (Å²) < 4.78 is 0. The van der Waals surface area contributed by atoms with Crippen molar-refractivity contribution >= 4 is 5.91 Å².